The van der Waals surface area contributed by atoms with Crippen LogP contribution in [0.3, 0.4) is 0 Å². The normalized spacial score (nSPS) is 24.9. The van der Waals surface area contributed by atoms with Crippen LogP contribution in [-0.2, 0) is 4.79 Å². The van der Waals surface area contributed by atoms with Crippen LogP contribution < -0.4 is 14.8 Å². The lowest BCUT2D eigenvalue weighted by Gasteiger charge is -2.14. The molecule has 1 amide bonds. The average Bonchev–Trinajstić information content (AvgIpc) is 2.96. The summed E-state index contributed by atoms with van der Waals surface area (Å²) in [6.07, 6.45) is -1.57. The zero-order chi connectivity index (χ0) is 14.1. The van der Waals surface area contributed by atoms with E-state index in [1.165, 1.54) is 0 Å². The molecule has 0 aliphatic carbocycles. The van der Waals surface area contributed by atoms with E-state index in [1.807, 2.05) is 0 Å². The number of hydrogen-bond donors (Lipinski definition) is 3. The van der Waals surface area contributed by atoms with Gasteiger partial charge in [-0.1, -0.05) is 0 Å². The Balaban J connectivity index is 1.57. The first kappa shape index (κ1) is 13.2. The van der Waals surface area contributed by atoms with Gasteiger partial charge < -0.3 is 25.0 Å². The second-order valence-electron chi connectivity index (χ2n) is 4.94. The summed E-state index contributed by atoms with van der Waals surface area (Å²) < 4.78 is 10.4. The smallest absolute Gasteiger partial charge is 0.238 e. The molecule has 7 nitrogen and oxygen atoms in total. The van der Waals surface area contributed by atoms with Crippen LogP contribution >= 0.6 is 0 Å². The van der Waals surface area contributed by atoms with Gasteiger partial charge in [-0.3, -0.25) is 9.69 Å². The van der Waals surface area contributed by atoms with Gasteiger partial charge in [0.15, 0.2) is 11.5 Å². The summed E-state index contributed by atoms with van der Waals surface area (Å²) in [5, 5.41) is 21.6. The maximum atomic E-state index is 11.9. The molecular formula is C13H16N2O5. The lowest BCUT2D eigenvalue weighted by Crippen LogP contribution is -2.32. The Morgan fingerprint density at radius 1 is 1.25 bits per heavy atom. The lowest BCUT2D eigenvalue weighted by molar-refractivity contribution is -0.117. The zero-order valence-electron chi connectivity index (χ0n) is 10.8. The number of nitrogens with one attached hydrogen (secondary N) is 1. The topological polar surface area (TPSA) is 91.3 Å². The molecule has 1 aromatic carbocycles. The summed E-state index contributed by atoms with van der Waals surface area (Å²) in [5.74, 6) is 1.06. The standard InChI is InChI=1S/C13H16N2O5/c16-9-4-15(5-10(9)17)6-13(18)14-8-1-2-11-12(3-8)20-7-19-11/h1-3,9-10,16-17H,4-7H2,(H,14,18). The molecule has 2 heterocycles. The second kappa shape index (κ2) is 5.28. The number of hydrogen-bond acceptors (Lipinski definition) is 6. The van der Waals surface area contributed by atoms with E-state index in [0.717, 1.165) is 0 Å². The van der Waals surface area contributed by atoms with Crippen molar-refractivity contribution in [3.8, 4) is 11.5 Å². The van der Waals surface area contributed by atoms with Crippen LogP contribution in [0.15, 0.2) is 18.2 Å². The molecule has 3 N–H and O–H groups in total. The number of amides is 1. The maximum absolute atomic E-state index is 11.9. The Labute approximate surface area is 115 Å². The SMILES string of the molecule is O=C(CN1CC(O)C(O)C1)Nc1ccc2c(c1)OCO2. The van der Waals surface area contributed by atoms with Gasteiger partial charge in [-0.05, 0) is 12.1 Å². The van der Waals surface area contributed by atoms with Crippen molar-refractivity contribution >= 4 is 11.6 Å². The van der Waals surface area contributed by atoms with Crippen LogP contribution in [0.1, 0.15) is 0 Å². The van der Waals surface area contributed by atoms with E-state index in [9.17, 15) is 15.0 Å². The van der Waals surface area contributed by atoms with Crippen LogP contribution in [0, 0.1) is 0 Å². The minimum atomic E-state index is -0.784. The Morgan fingerprint density at radius 2 is 1.95 bits per heavy atom. The maximum Gasteiger partial charge on any atom is 0.238 e. The second-order valence-corrected chi connectivity index (χ2v) is 4.94. The van der Waals surface area contributed by atoms with Gasteiger partial charge in [0.1, 0.15) is 0 Å². The predicted octanol–water partition coefficient (Wildman–Crippen LogP) is -0.609. The molecule has 0 saturated carbocycles. The number of ether oxygens (including phenoxy) is 2. The molecule has 0 spiro atoms. The number of likely N-dealkylation sites (tertiary alicyclic amines) is 1. The summed E-state index contributed by atoms with van der Waals surface area (Å²) >= 11 is 0. The van der Waals surface area contributed by atoms with Crippen LogP contribution in [-0.4, -0.2) is 59.7 Å². The molecule has 108 valence electrons. The lowest BCUT2D eigenvalue weighted by atomic mass is 10.2. The van der Waals surface area contributed by atoms with Crippen LogP contribution in [0.2, 0.25) is 0 Å². The van der Waals surface area contributed by atoms with Crippen LogP contribution in [0.25, 0.3) is 0 Å². The monoisotopic (exact) mass is 280 g/mol. The van der Waals surface area contributed by atoms with E-state index in [2.05, 4.69) is 5.32 Å². The van der Waals surface area contributed by atoms with E-state index >= 15 is 0 Å². The largest absolute Gasteiger partial charge is 0.454 e. The summed E-state index contributed by atoms with van der Waals surface area (Å²) in [7, 11) is 0. The molecule has 1 fully saturated rings. The van der Waals surface area contributed by atoms with Gasteiger partial charge in [0.2, 0.25) is 12.7 Å². The highest BCUT2D eigenvalue weighted by molar-refractivity contribution is 5.92. The number of aliphatic hydroxyl groups excluding tert-OH is 2. The number of rotatable bonds is 3. The van der Waals surface area contributed by atoms with Gasteiger partial charge >= 0.3 is 0 Å². The fraction of sp³-hybridized carbons (Fsp3) is 0.462. The van der Waals surface area contributed by atoms with Crippen molar-refractivity contribution in [2.45, 2.75) is 12.2 Å². The van der Waals surface area contributed by atoms with Gasteiger partial charge in [0.25, 0.3) is 0 Å². The predicted molar refractivity (Wildman–Crippen MR) is 69.6 cm³/mol. The first-order chi connectivity index (χ1) is 9.61. The number of carbonyl (C=O) groups is 1. The number of nitrogens with zero attached hydrogens (tertiary/aromatic N) is 1. The molecule has 2 aliphatic rings. The van der Waals surface area contributed by atoms with E-state index in [1.54, 1.807) is 23.1 Å². The number of fused-ring (bicyclic) bond motifs is 1. The Hall–Kier alpha value is -1.83. The third-order valence-corrected chi connectivity index (χ3v) is 3.36. The molecule has 1 saturated heterocycles. The summed E-state index contributed by atoms with van der Waals surface area (Å²) in [6.45, 7) is 0.921. The fourth-order valence-corrected chi connectivity index (χ4v) is 2.35. The van der Waals surface area contributed by atoms with Crippen molar-refractivity contribution < 1.29 is 24.5 Å². The molecule has 2 aliphatic heterocycles. The third-order valence-electron chi connectivity index (χ3n) is 3.36. The molecule has 0 bridgehead atoms. The Bertz CT molecular complexity index is 511. The van der Waals surface area contributed by atoms with Gasteiger partial charge in [-0.25, -0.2) is 0 Å². The van der Waals surface area contributed by atoms with Crippen molar-refractivity contribution in [1.29, 1.82) is 0 Å². The number of anilines is 1. The van der Waals surface area contributed by atoms with Crippen molar-refractivity contribution in [3.63, 3.8) is 0 Å². The van der Waals surface area contributed by atoms with Gasteiger partial charge in [0, 0.05) is 24.8 Å². The Kier molecular flexibility index (Phi) is 3.47. The number of benzene rings is 1. The molecule has 2 atom stereocenters. The van der Waals surface area contributed by atoms with E-state index < -0.39 is 12.2 Å². The number of aliphatic hydroxyl groups is 2. The van der Waals surface area contributed by atoms with Crippen molar-refractivity contribution in [1.82, 2.24) is 4.90 Å². The summed E-state index contributed by atoms with van der Waals surface area (Å²) in [6, 6.07) is 5.17. The number of carbonyl (C=O) groups excluding carboxylic acids is 1. The van der Waals surface area contributed by atoms with Crippen molar-refractivity contribution in [2.75, 3.05) is 31.7 Å². The molecule has 7 heteroatoms. The molecule has 0 radical (unpaired) electrons. The van der Waals surface area contributed by atoms with Gasteiger partial charge in [-0.15, -0.1) is 0 Å². The average molecular weight is 280 g/mol. The van der Waals surface area contributed by atoms with Crippen LogP contribution in [0.5, 0.6) is 11.5 Å². The zero-order valence-corrected chi connectivity index (χ0v) is 10.8. The fourth-order valence-electron chi connectivity index (χ4n) is 2.35. The minimum absolute atomic E-state index is 0.128. The third kappa shape index (κ3) is 2.69. The molecular weight excluding hydrogens is 264 g/mol. The molecule has 3 rings (SSSR count). The van der Waals surface area contributed by atoms with E-state index in [0.29, 0.717) is 30.3 Å². The number of β-amino-alcohol motifs (C(OH)–C–C–N with tert-alkyl or cyclic N) is 2. The molecule has 1 aromatic rings. The molecule has 0 aromatic heterocycles. The highest BCUT2D eigenvalue weighted by atomic mass is 16.7. The van der Waals surface area contributed by atoms with Gasteiger partial charge in [0.05, 0.1) is 18.8 Å². The highest BCUT2D eigenvalue weighted by Crippen LogP contribution is 2.34. The first-order valence-electron chi connectivity index (χ1n) is 6.40. The highest BCUT2D eigenvalue weighted by Gasteiger charge is 2.30. The van der Waals surface area contributed by atoms with Crippen LogP contribution in [0.4, 0.5) is 5.69 Å². The first-order valence-corrected chi connectivity index (χ1v) is 6.40. The molecule has 20 heavy (non-hydrogen) atoms. The summed E-state index contributed by atoms with van der Waals surface area (Å²) in [5.41, 5.74) is 0.625. The minimum Gasteiger partial charge on any atom is -0.454 e. The van der Waals surface area contributed by atoms with Gasteiger partial charge in [-0.2, -0.15) is 0 Å². The van der Waals surface area contributed by atoms with E-state index in [4.69, 9.17) is 9.47 Å². The Morgan fingerprint density at radius 3 is 2.70 bits per heavy atom. The van der Waals surface area contributed by atoms with Crippen molar-refractivity contribution in [2.24, 2.45) is 0 Å². The van der Waals surface area contributed by atoms with E-state index in [-0.39, 0.29) is 19.2 Å². The van der Waals surface area contributed by atoms with Crippen molar-refractivity contribution in [3.05, 3.63) is 18.2 Å². The quantitative estimate of drug-likeness (QED) is 0.684. The summed E-state index contributed by atoms with van der Waals surface area (Å²) in [4.78, 5) is 13.6. The molecule has 2 unspecified atom stereocenters.